The summed E-state index contributed by atoms with van der Waals surface area (Å²) in [6.45, 7) is 14.6. The molecule has 7 rings (SSSR count). The summed E-state index contributed by atoms with van der Waals surface area (Å²) in [6, 6.07) is 31.3. The molecule has 2 heteroatoms. The second-order valence-electron chi connectivity index (χ2n) is 14.8. The van der Waals surface area contributed by atoms with Crippen molar-refractivity contribution in [1.82, 2.24) is 9.97 Å². The van der Waals surface area contributed by atoms with Crippen molar-refractivity contribution in [3.63, 3.8) is 0 Å². The van der Waals surface area contributed by atoms with Crippen molar-refractivity contribution in [2.45, 2.75) is 79.1 Å². The van der Waals surface area contributed by atoms with Gasteiger partial charge in [-0.05, 0) is 95.6 Å². The predicted octanol–water partition coefficient (Wildman–Crippen LogP) is 11.7. The van der Waals surface area contributed by atoms with Crippen LogP contribution in [0.1, 0.15) is 90.4 Å². The highest BCUT2D eigenvalue weighted by atomic mass is 14.8. The molecule has 3 aromatic carbocycles. The molecule has 0 spiro atoms. The van der Waals surface area contributed by atoms with Gasteiger partial charge in [-0.25, -0.2) is 0 Å². The lowest BCUT2D eigenvalue weighted by Gasteiger charge is -2.37. The Labute approximate surface area is 264 Å². The molecule has 0 bridgehead atoms. The topological polar surface area (TPSA) is 25.8 Å². The molecule has 226 valence electrons. The minimum atomic E-state index is 0.459. The second-order valence-corrected chi connectivity index (χ2v) is 14.8. The van der Waals surface area contributed by atoms with E-state index < -0.39 is 0 Å². The lowest BCUT2D eigenvalue weighted by molar-refractivity contribution is 0.187. The highest BCUT2D eigenvalue weighted by Crippen LogP contribution is 2.47. The molecule has 0 radical (unpaired) electrons. The molecule has 44 heavy (non-hydrogen) atoms. The maximum atomic E-state index is 5.63. The summed E-state index contributed by atoms with van der Waals surface area (Å²) in [5, 5.41) is 2.42. The largest absolute Gasteiger partial charge is 0.250 e. The summed E-state index contributed by atoms with van der Waals surface area (Å²) in [4.78, 5) is 11.3. The molecule has 0 amide bonds. The normalized spacial score (nSPS) is 29.2. The van der Waals surface area contributed by atoms with Crippen molar-refractivity contribution >= 4 is 21.8 Å². The van der Waals surface area contributed by atoms with Crippen LogP contribution in [0.2, 0.25) is 0 Å². The Hall–Kier alpha value is -3.52. The van der Waals surface area contributed by atoms with Crippen LogP contribution >= 0.6 is 0 Å². The highest BCUT2D eigenvalue weighted by Gasteiger charge is 2.34. The fraction of sp³-hybridized carbons (Fsp3) is 0.429. The first-order chi connectivity index (χ1) is 21.3. The zero-order chi connectivity index (χ0) is 30.5. The van der Waals surface area contributed by atoms with Crippen molar-refractivity contribution in [2.75, 3.05) is 0 Å². The second kappa shape index (κ2) is 11.8. The molecule has 2 saturated carbocycles. The van der Waals surface area contributed by atoms with E-state index >= 15 is 0 Å². The molecular formula is C42H48N2. The van der Waals surface area contributed by atoms with Gasteiger partial charge in [-0.3, -0.25) is 9.97 Å². The lowest BCUT2D eigenvalue weighted by Crippen LogP contribution is -2.27. The van der Waals surface area contributed by atoms with Gasteiger partial charge in [0.05, 0.1) is 11.0 Å². The summed E-state index contributed by atoms with van der Waals surface area (Å²) in [5.74, 6) is 5.06. The summed E-state index contributed by atoms with van der Waals surface area (Å²) in [7, 11) is 0. The molecule has 0 saturated heterocycles. The van der Waals surface area contributed by atoms with E-state index in [0.29, 0.717) is 35.5 Å². The Morgan fingerprint density at radius 3 is 1.18 bits per heavy atom. The monoisotopic (exact) mass is 580 g/mol. The zero-order valence-electron chi connectivity index (χ0n) is 27.4. The van der Waals surface area contributed by atoms with Crippen LogP contribution in [0.15, 0.2) is 84.9 Å². The molecule has 2 nitrogen and oxygen atoms in total. The van der Waals surface area contributed by atoms with E-state index in [4.69, 9.17) is 9.97 Å². The van der Waals surface area contributed by atoms with E-state index in [1.807, 2.05) is 0 Å². The molecule has 2 aromatic heterocycles. The molecule has 2 heterocycles. The molecule has 2 aliphatic carbocycles. The first kappa shape index (κ1) is 29.2. The van der Waals surface area contributed by atoms with E-state index in [2.05, 4.69) is 126 Å². The third-order valence-corrected chi connectivity index (χ3v) is 11.8. The fourth-order valence-electron chi connectivity index (χ4n) is 8.63. The van der Waals surface area contributed by atoms with Crippen molar-refractivity contribution < 1.29 is 0 Å². The van der Waals surface area contributed by atoms with Gasteiger partial charge in [-0.1, -0.05) is 114 Å². The van der Waals surface area contributed by atoms with Crippen molar-refractivity contribution in [3.05, 3.63) is 96.3 Å². The van der Waals surface area contributed by atoms with E-state index in [0.717, 1.165) is 22.9 Å². The van der Waals surface area contributed by atoms with Gasteiger partial charge < -0.3 is 0 Å². The third-order valence-electron chi connectivity index (χ3n) is 11.8. The molecule has 0 N–H and O–H groups in total. The maximum absolute atomic E-state index is 5.63. The van der Waals surface area contributed by atoms with Crippen LogP contribution in [0.25, 0.3) is 44.1 Å². The highest BCUT2D eigenvalue weighted by molar-refractivity contribution is 6.12. The summed E-state index contributed by atoms with van der Waals surface area (Å²) in [6.07, 6.45) is 4.92. The predicted molar refractivity (Wildman–Crippen MR) is 187 cm³/mol. The van der Waals surface area contributed by atoms with Gasteiger partial charge in [0, 0.05) is 34.0 Å². The Kier molecular flexibility index (Phi) is 7.81. The number of fused-ring (bicyclic) bond motifs is 3. The van der Waals surface area contributed by atoms with Crippen molar-refractivity contribution in [1.29, 1.82) is 0 Å². The number of benzene rings is 3. The Morgan fingerprint density at radius 1 is 0.432 bits per heavy atom. The van der Waals surface area contributed by atoms with Gasteiger partial charge in [-0.15, -0.1) is 0 Å². The van der Waals surface area contributed by atoms with Gasteiger partial charge in [0.25, 0.3) is 0 Å². The number of nitrogens with zero attached hydrogens (tertiary/aromatic N) is 2. The number of hydrogen-bond donors (Lipinski definition) is 0. The van der Waals surface area contributed by atoms with Crippen LogP contribution in [0.5, 0.6) is 0 Å². The zero-order valence-corrected chi connectivity index (χ0v) is 27.4. The van der Waals surface area contributed by atoms with Crippen LogP contribution < -0.4 is 0 Å². The number of aromatic nitrogens is 2. The number of pyridine rings is 2. The average Bonchev–Trinajstić information content (AvgIpc) is 3.04. The van der Waals surface area contributed by atoms with Crippen LogP contribution in [-0.2, 0) is 0 Å². The Bertz CT molecular complexity index is 1640. The molecule has 8 unspecified atom stereocenters. The summed E-state index contributed by atoms with van der Waals surface area (Å²) < 4.78 is 0. The van der Waals surface area contributed by atoms with E-state index in [1.165, 1.54) is 70.1 Å². The molecule has 2 fully saturated rings. The number of rotatable bonds is 4. The van der Waals surface area contributed by atoms with E-state index in [9.17, 15) is 0 Å². The standard InChI is InChI=1S/C42H48N2/c1-25-19-29(5)35(21-27(25)3)39-23-37(31-13-9-7-10-14-31)33-17-18-34-38(32-15-11-8-12-16-32)24-40(44-42(34)41(33)43-39)36-22-28(4)26(2)20-30(36)6/h7-18,23-30,35-36H,19-22H2,1-6H3. The molecule has 5 aromatic rings. The van der Waals surface area contributed by atoms with Crippen molar-refractivity contribution in [2.24, 2.45) is 35.5 Å². The van der Waals surface area contributed by atoms with Gasteiger partial charge in [-0.2, -0.15) is 0 Å². The summed E-state index contributed by atoms with van der Waals surface area (Å²) in [5.41, 5.74) is 9.72. The smallest absolute Gasteiger partial charge is 0.0974 e. The number of hydrogen-bond acceptors (Lipinski definition) is 2. The Balaban J connectivity index is 1.52. The van der Waals surface area contributed by atoms with Crippen LogP contribution in [0.4, 0.5) is 0 Å². The van der Waals surface area contributed by atoms with Gasteiger partial charge in [0.15, 0.2) is 0 Å². The minimum absolute atomic E-state index is 0.459. The van der Waals surface area contributed by atoms with Gasteiger partial charge in [0.2, 0.25) is 0 Å². The quantitative estimate of drug-likeness (QED) is 0.198. The maximum Gasteiger partial charge on any atom is 0.0974 e. The van der Waals surface area contributed by atoms with Crippen LogP contribution in [0.3, 0.4) is 0 Å². The minimum Gasteiger partial charge on any atom is -0.250 e. The van der Waals surface area contributed by atoms with E-state index in [-0.39, 0.29) is 0 Å². The average molecular weight is 581 g/mol. The first-order valence-electron chi connectivity index (χ1n) is 17.2. The summed E-state index contributed by atoms with van der Waals surface area (Å²) >= 11 is 0. The molecule has 2 aliphatic rings. The third kappa shape index (κ3) is 5.25. The Morgan fingerprint density at radius 2 is 0.795 bits per heavy atom. The molecule has 8 atom stereocenters. The first-order valence-corrected chi connectivity index (χ1v) is 17.2. The lowest BCUT2D eigenvalue weighted by atomic mass is 9.68. The fourth-order valence-corrected chi connectivity index (χ4v) is 8.63. The van der Waals surface area contributed by atoms with Gasteiger partial charge in [0.1, 0.15) is 0 Å². The van der Waals surface area contributed by atoms with E-state index in [1.54, 1.807) is 0 Å². The van der Waals surface area contributed by atoms with Crippen molar-refractivity contribution in [3.8, 4) is 22.3 Å². The molecule has 0 aliphatic heterocycles. The van der Waals surface area contributed by atoms with Crippen LogP contribution in [-0.4, -0.2) is 9.97 Å². The van der Waals surface area contributed by atoms with Crippen LogP contribution in [0, 0.1) is 35.5 Å². The van der Waals surface area contributed by atoms with Gasteiger partial charge >= 0.3 is 0 Å². The SMILES string of the molecule is CC1CC(C)C(c2cc(-c3ccccc3)c3ccc4c(-c5ccccc5)cc(C5CC(C)C(C)CC5C)nc4c3n2)CC1C. The molecular weight excluding hydrogens is 532 g/mol.